The molecule has 0 fully saturated rings. The first-order valence-corrected chi connectivity index (χ1v) is 7.82. The Hall–Kier alpha value is -1.93. The molecule has 3 N–H and O–H groups in total. The molecule has 8 heteroatoms. The van der Waals surface area contributed by atoms with Crippen LogP contribution in [0.5, 0.6) is 0 Å². The summed E-state index contributed by atoms with van der Waals surface area (Å²) in [4.78, 5) is 22.1. The first-order valence-electron chi connectivity index (χ1n) is 6.34. The number of primary amides is 1. The standard InChI is InChI=1S/C13H18N2O5S/c1-3-9(2)15-21(18,19)11-6-4-10(5-7-11)13(17)20-8-12(14)16/h4-7,9,15H,3,8H2,1-2H3,(H2,14,16)/t9-/m0/s1. The van der Waals surface area contributed by atoms with E-state index in [-0.39, 0.29) is 16.5 Å². The molecule has 0 bridgehead atoms. The lowest BCUT2D eigenvalue weighted by molar-refractivity contribution is -0.121. The van der Waals surface area contributed by atoms with E-state index in [0.717, 1.165) is 0 Å². The maximum Gasteiger partial charge on any atom is 0.338 e. The molecule has 0 aromatic heterocycles. The van der Waals surface area contributed by atoms with Crippen molar-refractivity contribution in [1.29, 1.82) is 0 Å². The van der Waals surface area contributed by atoms with Crippen LogP contribution in [0.2, 0.25) is 0 Å². The summed E-state index contributed by atoms with van der Waals surface area (Å²) in [5.74, 6) is -1.51. The van der Waals surface area contributed by atoms with Gasteiger partial charge in [-0.2, -0.15) is 0 Å². The Morgan fingerprint density at radius 2 is 1.86 bits per heavy atom. The topological polar surface area (TPSA) is 116 Å². The predicted octanol–water partition coefficient (Wildman–Crippen LogP) is 0.405. The fourth-order valence-corrected chi connectivity index (χ4v) is 2.73. The fraction of sp³-hybridized carbons (Fsp3) is 0.385. The molecule has 0 aliphatic rings. The number of nitrogens with two attached hydrogens (primary N) is 1. The van der Waals surface area contributed by atoms with E-state index in [1.807, 2.05) is 6.92 Å². The first kappa shape index (κ1) is 17.1. The molecular formula is C13H18N2O5S. The van der Waals surface area contributed by atoms with Gasteiger partial charge in [0.2, 0.25) is 10.0 Å². The molecule has 116 valence electrons. The van der Waals surface area contributed by atoms with Crippen LogP contribution in [0.3, 0.4) is 0 Å². The van der Waals surface area contributed by atoms with Crippen LogP contribution >= 0.6 is 0 Å². The van der Waals surface area contributed by atoms with Gasteiger partial charge in [0.1, 0.15) is 0 Å². The zero-order valence-electron chi connectivity index (χ0n) is 11.8. The van der Waals surface area contributed by atoms with Crippen LogP contribution in [0.1, 0.15) is 30.6 Å². The highest BCUT2D eigenvalue weighted by Gasteiger charge is 2.17. The van der Waals surface area contributed by atoms with Crippen molar-refractivity contribution in [3.8, 4) is 0 Å². The molecule has 7 nitrogen and oxygen atoms in total. The molecule has 0 spiro atoms. The molecule has 1 atom stereocenters. The lowest BCUT2D eigenvalue weighted by Crippen LogP contribution is -2.32. The first-order chi connectivity index (χ1) is 9.76. The predicted molar refractivity (Wildman–Crippen MR) is 76.0 cm³/mol. The van der Waals surface area contributed by atoms with Crippen LogP contribution in [-0.4, -0.2) is 32.9 Å². The number of rotatable bonds is 7. The number of hydrogen-bond donors (Lipinski definition) is 2. The molecule has 0 unspecified atom stereocenters. The number of sulfonamides is 1. The number of benzene rings is 1. The highest BCUT2D eigenvalue weighted by Crippen LogP contribution is 2.12. The monoisotopic (exact) mass is 314 g/mol. The smallest absolute Gasteiger partial charge is 0.338 e. The zero-order chi connectivity index (χ0) is 16.0. The minimum Gasteiger partial charge on any atom is -0.452 e. The number of carbonyl (C=O) groups is 2. The number of hydrogen-bond acceptors (Lipinski definition) is 5. The van der Waals surface area contributed by atoms with Crippen LogP contribution in [-0.2, 0) is 19.6 Å². The molecule has 1 amide bonds. The van der Waals surface area contributed by atoms with Crippen molar-refractivity contribution in [2.45, 2.75) is 31.2 Å². The molecule has 1 aromatic carbocycles. The van der Waals surface area contributed by atoms with E-state index >= 15 is 0 Å². The van der Waals surface area contributed by atoms with E-state index in [2.05, 4.69) is 9.46 Å². The van der Waals surface area contributed by atoms with Gasteiger partial charge in [0, 0.05) is 6.04 Å². The maximum absolute atomic E-state index is 12.0. The van der Waals surface area contributed by atoms with Crippen molar-refractivity contribution in [2.24, 2.45) is 5.73 Å². The lowest BCUT2D eigenvalue weighted by atomic mass is 10.2. The van der Waals surface area contributed by atoms with Crippen LogP contribution in [0, 0.1) is 0 Å². The minimum absolute atomic E-state index is 0.0502. The Kier molecular flexibility index (Phi) is 5.86. The van der Waals surface area contributed by atoms with Gasteiger partial charge in [-0.1, -0.05) is 6.92 Å². The van der Waals surface area contributed by atoms with Crippen molar-refractivity contribution < 1.29 is 22.7 Å². The van der Waals surface area contributed by atoms with Crippen LogP contribution < -0.4 is 10.5 Å². The minimum atomic E-state index is -3.62. The fourth-order valence-electron chi connectivity index (χ4n) is 1.41. The Labute approximate surface area is 123 Å². The summed E-state index contributed by atoms with van der Waals surface area (Å²) in [5.41, 5.74) is 4.99. The van der Waals surface area contributed by atoms with E-state index in [1.165, 1.54) is 24.3 Å². The summed E-state index contributed by atoms with van der Waals surface area (Å²) in [7, 11) is -3.62. The van der Waals surface area contributed by atoms with Crippen molar-refractivity contribution in [1.82, 2.24) is 4.72 Å². The van der Waals surface area contributed by atoms with Gasteiger partial charge in [0.15, 0.2) is 6.61 Å². The maximum atomic E-state index is 12.0. The quantitative estimate of drug-likeness (QED) is 0.707. The van der Waals surface area contributed by atoms with Crippen LogP contribution in [0.15, 0.2) is 29.2 Å². The van der Waals surface area contributed by atoms with Crippen molar-refractivity contribution in [3.05, 3.63) is 29.8 Å². The van der Waals surface area contributed by atoms with E-state index in [1.54, 1.807) is 6.92 Å². The summed E-state index contributed by atoms with van der Waals surface area (Å²) >= 11 is 0. The number of carbonyl (C=O) groups excluding carboxylic acids is 2. The van der Waals surface area contributed by atoms with E-state index in [0.29, 0.717) is 6.42 Å². The Morgan fingerprint density at radius 3 is 2.33 bits per heavy atom. The third-order valence-electron chi connectivity index (χ3n) is 2.71. The Morgan fingerprint density at radius 1 is 1.29 bits per heavy atom. The molecule has 0 aliphatic carbocycles. The summed E-state index contributed by atoms with van der Waals surface area (Å²) in [6, 6.07) is 5.04. The molecule has 0 saturated heterocycles. The SMILES string of the molecule is CC[C@H](C)NS(=O)(=O)c1ccc(C(=O)OCC(N)=O)cc1. The summed E-state index contributed by atoms with van der Waals surface area (Å²) in [6.07, 6.45) is 0.663. The van der Waals surface area contributed by atoms with Gasteiger partial charge in [-0.05, 0) is 37.6 Å². The third kappa shape index (κ3) is 5.16. The summed E-state index contributed by atoms with van der Waals surface area (Å²) < 4.78 is 31.1. The Balaban J connectivity index is 2.82. The number of esters is 1. The van der Waals surface area contributed by atoms with E-state index in [4.69, 9.17) is 5.73 Å². The van der Waals surface area contributed by atoms with Gasteiger partial charge in [-0.3, -0.25) is 4.79 Å². The third-order valence-corrected chi connectivity index (χ3v) is 4.32. The van der Waals surface area contributed by atoms with Crippen molar-refractivity contribution in [3.63, 3.8) is 0 Å². The average Bonchev–Trinajstić information content (AvgIpc) is 2.44. The van der Waals surface area contributed by atoms with E-state index < -0.39 is 28.5 Å². The summed E-state index contributed by atoms with van der Waals surface area (Å²) in [5, 5.41) is 0. The van der Waals surface area contributed by atoms with Crippen molar-refractivity contribution >= 4 is 21.9 Å². The average molecular weight is 314 g/mol. The molecule has 0 radical (unpaired) electrons. The van der Waals surface area contributed by atoms with Gasteiger partial charge < -0.3 is 10.5 Å². The molecule has 0 aliphatic heterocycles. The van der Waals surface area contributed by atoms with Gasteiger partial charge >= 0.3 is 5.97 Å². The van der Waals surface area contributed by atoms with Crippen LogP contribution in [0.4, 0.5) is 0 Å². The summed E-state index contributed by atoms with van der Waals surface area (Å²) in [6.45, 7) is 3.10. The zero-order valence-corrected chi connectivity index (χ0v) is 12.6. The van der Waals surface area contributed by atoms with Gasteiger partial charge in [-0.25, -0.2) is 17.9 Å². The highest BCUT2D eigenvalue weighted by atomic mass is 32.2. The molecular weight excluding hydrogens is 296 g/mol. The van der Waals surface area contributed by atoms with Crippen molar-refractivity contribution in [2.75, 3.05) is 6.61 Å². The lowest BCUT2D eigenvalue weighted by Gasteiger charge is -2.12. The van der Waals surface area contributed by atoms with Gasteiger partial charge in [0.25, 0.3) is 5.91 Å². The number of amides is 1. The molecule has 0 saturated carbocycles. The van der Waals surface area contributed by atoms with Gasteiger partial charge in [-0.15, -0.1) is 0 Å². The molecule has 1 rings (SSSR count). The normalized spacial score (nSPS) is 12.7. The van der Waals surface area contributed by atoms with Gasteiger partial charge in [0.05, 0.1) is 10.5 Å². The Bertz CT molecular complexity index is 610. The second-order valence-corrected chi connectivity index (χ2v) is 6.21. The number of ether oxygens (including phenoxy) is 1. The molecule has 0 heterocycles. The molecule has 21 heavy (non-hydrogen) atoms. The second-order valence-electron chi connectivity index (χ2n) is 4.50. The number of nitrogens with one attached hydrogen (secondary N) is 1. The highest BCUT2D eigenvalue weighted by molar-refractivity contribution is 7.89. The largest absolute Gasteiger partial charge is 0.452 e. The van der Waals surface area contributed by atoms with Crippen LogP contribution in [0.25, 0.3) is 0 Å². The second kappa shape index (κ2) is 7.19. The molecule has 1 aromatic rings. The van der Waals surface area contributed by atoms with E-state index in [9.17, 15) is 18.0 Å².